The van der Waals surface area contributed by atoms with Crippen molar-refractivity contribution < 1.29 is 24.3 Å². The van der Waals surface area contributed by atoms with Gasteiger partial charge in [-0.15, -0.1) is 0 Å². The Morgan fingerprint density at radius 2 is 1.68 bits per heavy atom. The summed E-state index contributed by atoms with van der Waals surface area (Å²) in [6, 6.07) is 6.98. The van der Waals surface area contributed by atoms with Gasteiger partial charge in [-0.05, 0) is 56.5 Å². The molecule has 1 rings (SSSR count). The summed E-state index contributed by atoms with van der Waals surface area (Å²) in [5, 5.41) is 11.4. The van der Waals surface area contributed by atoms with E-state index in [4.69, 9.17) is 5.73 Å². The number of benzene rings is 1. The minimum absolute atomic E-state index is 0.293. The van der Waals surface area contributed by atoms with Crippen LogP contribution in [-0.2, 0) is 19.2 Å². The van der Waals surface area contributed by atoms with E-state index in [9.17, 15) is 24.3 Å². The van der Waals surface area contributed by atoms with E-state index in [0.29, 0.717) is 31.5 Å². The number of hydrogen-bond acceptors (Lipinski definition) is 5. The first-order chi connectivity index (χ1) is 13.1. The smallest absolute Gasteiger partial charge is 0.326 e. The van der Waals surface area contributed by atoms with Crippen LogP contribution in [0.3, 0.4) is 0 Å². The number of para-hydroxylation sites is 1. The van der Waals surface area contributed by atoms with Crippen molar-refractivity contribution in [2.75, 3.05) is 11.4 Å². The van der Waals surface area contributed by atoms with Crippen LogP contribution in [0.25, 0.3) is 0 Å². The van der Waals surface area contributed by atoms with E-state index in [1.165, 1.54) is 18.7 Å². The van der Waals surface area contributed by atoms with Crippen molar-refractivity contribution >= 4 is 40.3 Å². The molecule has 0 unspecified atom stereocenters. The summed E-state index contributed by atoms with van der Waals surface area (Å²) >= 11 is 4.64. The van der Waals surface area contributed by atoms with Crippen LogP contribution in [0.15, 0.2) is 30.3 Å². The highest BCUT2D eigenvalue weighted by Gasteiger charge is 2.28. The number of rotatable bonds is 9. The minimum Gasteiger partial charge on any atom is -0.480 e. The average Bonchev–Trinajstić information content (AvgIpc) is 2.61. The zero-order valence-electron chi connectivity index (χ0n) is 16.4. The summed E-state index contributed by atoms with van der Waals surface area (Å²) in [4.78, 5) is 46.2. The number of aliphatic carboxylic acids is 1. The van der Waals surface area contributed by atoms with Crippen molar-refractivity contribution in [2.45, 2.75) is 52.1 Å². The minimum atomic E-state index is -1.10. The lowest BCUT2D eigenvalue weighted by molar-refractivity contribution is -0.142. The number of nitrogens with one attached hydrogen (secondary N) is 1. The van der Waals surface area contributed by atoms with Gasteiger partial charge in [0.1, 0.15) is 12.1 Å². The summed E-state index contributed by atoms with van der Waals surface area (Å²) in [5.74, 6) is -1.89. The molecule has 8 nitrogen and oxygen atoms in total. The lowest BCUT2D eigenvalue weighted by Gasteiger charge is -2.28. The maximum Gasteiger partial charge on any atom is 0.326 e. The summed E-state index contributed by atoms with van der Waals surface area (Å²) in [5.41, 5.74) is 5.98. The summed E-state index contributed by atoms with van der Waals surface area (Å²) in [7, 11) is 0. The molecule has 0 heterocycles. The predicted octanol–water partition coefficient (Wildman–Crippen LogP) is 1.90. The van der Waals surface area contributed by atoms with E-state index in [0.717, 1.165) is 0 Å². The van der Waals surface area contributed by atoms with E-state index in [1.807, 2.05) is 6.07 Å². The van der Waals surface area contributed by atoms with Gasteiger partial charge in [0.25, 0.3) is 0 Å². The monoisotopic (exact) mass is 413 g/mol. The highest BCUT2D eigenvalue weighted by atomic mass is 35.5. The third kappa shape index (κ3) is 10.0. The number of amides is 2. The predicted molar refractivity (Wildman–Crippen MR) is 108 cm³/mol. The van der Waals surface area contributed by atoms with E-state index >= 15 is 0 Å². The molecular formula is C19H28ClN3O5. The number of carbonyl (C=O) groups is 4. The molecule has 9 heteroatoms. The van der Waals surface area contributed by atoms with Crippen molar-refractivity contribution in [3.8, 4) is 0 Å². The second-order valence-electron chi connectivity index (χ2n) is 6.05. The number of anilines is 1. The second kappa shape index (κ2) is 13.7. The van der Waals surface area contributed by atoms with Crippen LogP contribution in [0.4, 0.5) is 5.69 Å². The molecule has 0 aliphatic heterocycles. The summed E-state index contributed by atoms with van der Waals surface area (Å²) in [6.45, 7) is 4.71. The zero-order chi connectivity index (χ0) is 21.7. The molecule has 0 radical (unpaired) electrons. The summed E-state index contributed by atoms with van der Waals surface area (Å²) < 4.78 is 0. The fraction of sp³-hybridized carbons (Fsp3) is 0.474. The molecule has 1 aromatic carbocycles. The molecule has 0 saturated heterocycles. The normalized spacial score (nSPS) is 12.0. The number of nitrogens with two attached hydrogens (primary N) is 1. The van der Waals surface area contributed by atoms with Gasteiger partial charge in [0.15, 0.2) is 0 Å². The van der Waals surface area contributed by atoms with Gasteiger partial charge >= 0.3 is 5.97 Å². The third-order valence-corrected chi connectivity index (χ3v) is 3.70. The van der Waals surface area contributed by atoms with E-state index in [-0.39, 0.29) is 11.1 Å². The fourth-order valence-corrected chi connectivity index (χ4v) is 2.43. The molecule has 0 bridgehead atoms. The molecule has 0 fully saturated rings. The van der Waals surface area contributed by atoms with Crippen LogP contribution >= 0.6 is 11.6 Å². The van der Waals surface area contributed by atoms with E-state index in [2.05, 4.69) is 16.9 Å². The molecule has 2 atom stereocenters. The average molecular weight is 414 g/mol. The first-order valence-electron chi connectivity index (χ1n) is 8.86. The number of nitrogens with zero attached hydrogens (tertiary/aromatic N) is 1. The van der Waals surface area contributed by atoms with Crippen LogP contribution in [-0.4, -0.2) is 46.8 Å². The Morgan fingerprint density at radius 3 is 2.11 bits per heavy atom. The number of carbonyl (C=O) groups excluding carboxylic acids is 3. The van der Waals surface area contributed by atoms with Gasteiger partial charge in [0, 0.05) is 19.5 Å². The first-order valence-corrected chi connectivity index (χ1v) is 9.23. The zero-order valence-corrected chi connectivity index (χ0v) is 17.1. The summed E-state index contributed by atoms with van der Waals surface area (Å²) in [6.07, 6.45) is 1.60. The van der Waals surface area contributed by atoms with Crippen LogP contribution in [0, 0.1) is 0 Å². The maximum absolute atomic E-state index is 12.4. The SMILES string of the molecule is CC(=O)Cl.CC(=O)N(c1ccccc1)[C@@H](C)C(=O)N[C@@H](CCCCN)C(=O)O. The van der Waals surface area contributed by atoms with Gasteiger partial charge in [-0.1, -0.05) is 18.2 Å². The molecule has 4 N–H and O–H groups in total. The molecule has 0 aromatic heterocycles. The Bertz CT molecular complexity index is 650. The van der Waals surface area contributed by atoms with Gasteiger partial charge in [-0.3, -0.25) is 14.4 Å². The highest BCUT2D eigenvalue weighted by molar-refractivity contribution is 6.62. The third-order valence-electron chi connectivity index (χ3n) is 3.70. The molecule has 2 amide bonds. The Balaban J connectivity index is 0.00000165. The molecule has 156 valence electrons. The molecule has 1 aromatic rings. The van der Waals surface area contributed by atoms with Gasteiger partial charge in [0.2, 0.25) is 17.1 Å². The Morgan fingerprint density at radius 1 is 1.14 bits per heavy atom. The molecule has 0 aliphatic carbocycles. The van der Waals surface area contributed by atoms with Crippen molar-refractivity contribution in [3.63, 3.8) is 0 Å². The second-order valence-corrected chi connectivity index (χ2v) is 6.59. The number of carboxylic acids is 1. The van der Waals surface area contributed by atoms with Crippen molar-refractivity contribution in [2.24, 2.45) is 5.73 Å². The number of halogens is 1. The van der Waals surface area contributed by atoms with Crippen LogP contribution < -0.4 is 16.0 Å². The van der Waals surface area contributed by atoms with Gasteiger partial charge in [-0.25, -0.2) is 4.79 Å². The van der Waals surface area contributed by atoms with E-state index in [1.54, 1.807) is 31.2 Å². The van der Waals surface area contributed by atoms with Crippen LogP contribution in [0.5, 0.6) is 0 Å². The van der Waals surface area contributed by atoms with E-state index < -0.39 is 24.0 Å². The largest absolute Gasteiger partial charge is 0.480 e. The lowest BCUT2D eigenvalue weighted by Crippen LogP contribution is -2.52. The standard InChI is InChI=1S/C17H25N3O4.C2H3ClO/c1-12(20(13(2)21)14-8-4-3-5-9-14)16(22)19-15(17(23)24)10-6-7-11-18;1-2(3)4/h3-5,8-9,12,15H,6-7,10-11,18H2,1-2H3,(H,19,22)(H,23,24);1H3/t12-,15-;/m0./s1. The molecule has 28 heavy (non-hydrogen) atoms. The Hall–Kier alpha value is -2.45. The van der Waals surface area contributed by atoms with Gasteiger partial charge in [-0.2, -0.15) is 0 Å². The highest BCUT2D eigenvalue weighted by Crippen LogP contribution is 2.17. The van der Waals surface area contributed by atoms with Gasteiger partial charge < -0.3 is 21.1 Å². The molecule has 0 aliphatic rings. The van der Waals surface area contributed by atoms with Crippen LogP contribution in [0.1, 0.15) is 40.0 Å². The maximum atomic E-state index is 12.4. The Kier molecular flexibility index (Phi) is 12.5. The fourth-order valence-electron chi connectivity index (χ4n) is 2.43. The Labute approximate surface area is 170 Å². The van der Waals surface area contributed by atoms with Crippen molar-refractivity contribution in [3.05, 3.63) is 30.3 Å². The topological polar surface area (TPSA) is 130 Å². The number of hydrogen-bond donors (Lipinski definition) is 3. The molecular weight excluding hydrogens is 386 g/mol. The quantitative estimate of drug-likeness (QED) is 0.418. The molecule has 0 spiro atoms. The van der Waals surface area contributed by atoms with Crippen molar-refractivity contribution in [1.29, 1.82) is 0 Å². The first kappa shape index (κ1) is 25.6. The lowest BCUT2D eigenvalue weighted by atomic mass is 10.1. The van der Waals surface area contributed by atoms with Crippen LogP contribution in [0.2, 0.25) is 0 Å². The van der Waals surface area contributed by atoms with Crippen molar-refractivity contribution in [1.82, 2.24) is 5.32 Å². The number of carboxylic acid groups (broad SMARTS) is 1. The number of unbranched alkanes of at least 4 members (excludes halogenated alkanes) is 1. The molecule has 0 saturated carbocycles. The van der Waals surface area contributed by atoms with Gasteiger partial charge in [0.05, 0.1) is 0 Å².